The van der Waals surface area contributed by atoms with Crippen molar-refractivity contribution in [2.45, 2.75) is 31.6 Å². The molecule has 0 saturated heterocycles. The van der Waals surface area contributed by atoms with Gasteiger partial charge in [0.1, 0.15) is 0 Å². The SMILES string of the molecule is Cc1ccc(C)c(NC(=O)c2ccc3c(c2)CCCN3S(=O)(=O)c2ccc(Cl)cc2)c1. The number of nitrogens with one attached hydrogen (secondary N) is 1. The van der Waals surface area contributed by atoms with E-state index >= 15 is 0 Å². The number of nitrogens with zero attached hydrogens (tertiary/aromatic N) is 1. The van der Waals surface area contributed by atoms with Crippen LogP contribution >= 0.6 is 11.6 Å². The van der Waals surface area contributed by atoms with E-state index in [0.717, 1.165) is 22.4 Å². The lowest BCUT2D eigenvalue weighted by atomic mass is 10.0. The van der Waals surface area contributed by atoms with Gasteiger partial charge in [-0.2, -0.15) is 0 Å². The summed E-state index contributed by atoms with van der Waals surface area (Å²) < 4.78 is 27.8. The van der Waals surface area contributed by atoms with E-state index in [2.05, 4.69) is 5.32 Å². The van der Waals surface area contributed by atoms with Crippen LogP contribution in [0.5, 0.6) is 0 Å². The number of sulfonamides is 1. The summed E-state index contributed by atoms with van der Waals surface area (Å²) in [6.07, 6.45) is 1.40. The minimum Gasteiger partial charge on any atom is -0.322 e. The number of aryl methyl sites for hydroxylation is 3. The molecular weight excluding hydrogens is 432 g/mol. The molecule has 0 unspecified atom stereocenters. The number of anilines is 2. The molecule has 0 aliphatic carbocycles. The van der Waals surface area contributed by atoms with Gasteiger partial charge in [0.2, 0.25) is 0 Å². The van der Waals surface area contributed by atoms with Gasteiger partial charge in [-0.3, -0.25) is 9.10 Å². The topological polar surface area (TPSA) is 66.5 Å². The number of amides is 1. The number of rotatable bonds is 4. The molecule has 0 saturated carbocycles. The van der Waals surface area contributed by atoms with Crippen molar-refractivity contribution < 1.29 is 13.2 Å². The lowest BCUT2D eigenvalue weighted by molar-refractivity contribution is 0.102. The minimum absolute atomic E-state index is 0.196. The highest BCUT2D eigenvalue weighted by molar-refractivity contribution is 7.92. The second-order valence-electron chi connectivity index (χ2n) is 7.75. The monoisotopic (exact) mass is 454 g/mol. The molecular formula is C24H23ClN2O3S. The van der Waals surface area contributed by atoms with Gasteiger partial charge in [0.15, 0.2) is 0 Å². The molecule has 0 aromatic heterocycles. The summed E-state index contributed by atoms with van der Waals surface area (Å²) in [5.74, 6) is -0.214. The van der Waals surface area contributed by atoms with Crippen molar-refractivity contribution in [3.63, 3.8) is 0 Å². The van der Waals surface area contributed by atoms with Crippen LogP contribution in [-0.2, 0) is 16.4 Å². The average Bonchev–Trinajstić information content (AvgIpc) is 2.75. The Hall–Kier alpha value is -2.83. The van der Waals surface area contributed by atoms with Crippen LogP contribution in [0.3, 0.4) is 0 Å². The average molecular weight is 455 g/mol. The van der Waals surface area contributed by atoms with Gasteiger partial charge in [-0.15, -0.1) is 0 Å². The van der Waals surface area contributed by atoms with Gasteiger partial charge in [-0.1, -0.05) is 23.7 Å². The molecule has 160 valence electrons. The zero-order valence-corrected chi connectivity index (χ0v) is 18.9. The van der Waals surface area contributed by atoms with Crippen LogP contribution in [0.2, 0.25) is 5.02 Å². The van der Waals surface area contributed by atoms with E-state index < -0.39 is 10.0 Å². The molecule has 5 nitrogen and oxygen atoms in total. The first-order valence-electron chi connectivity index (χ1n) is 10.1. The third-order valence-electron chi connectivity index (χ3n) is 5.46. The van der Waals surface area contributed by atoms with Gasteiger partial charge < -0.3 is 5.32 Å². The van der Waals surface area contributed by atoms with Crippen LogP contribution in [-0.4, -0.2) is 20.9 Å². The van der Waals surface area contributed by atoms with Crippen molar-refractivity contribution in [3.8, 4) is 0 Å². The van der Waals surface area contributed by atoms with Gasteiger partial charge in [-0.25, -0.2) is 8.42 Å². The van der Waals surface area contributed by atoms with Gasteiger partial charge in [0.25, 0.3) is 15.9 Å². The van der Waals surface area contributed by atoms with Gasteiger partial charge >= 0.3 is 0 Å². The highest BCUT2D eigenvalue weighted by Crippen LogP contribution is 2.33. The maximum absolute atomic E-state index is 13.2. The van der Waals surface area contributed by atoms with Crippen molar-refractivity contribution >= 4 is 38.9 Å². The minimum atomic E-state index is -3.71. The quantitative estimate of drug-likeness (QED) is 0.577. The Morgan fingerprint density at radius 1 is 1.00 bits per heavy atom. The maximum Gasteiger partial charge on any atom is 0.264 e. The first-order valence-corrected chi connectivity index (χ1v) is 11.9. The number of carbonyl (C=O) groups excluding carboxylic acids is 1. The highest BCUT2D eigenvalue weighted by atomic mass is 35.5. The zero-order valence-electron chi connectivity index (χ0n) is 17.4. The molecule has 0 radical (unpaired) electrons. The highest BCUT2D eigenvalue weighted by Gasteiger charge is 2.29. The third-order valence-corrected chi connectivity index (χ3v) is 7.54. The van der Waals surface area contributed by atoms with Gasteiger partial charge in [0.05, 0.1) is 10.6 Å². The molecule has 3 aromatic carbocycles. The molecule has 1 aliphatic heterocycles. The van der Waals surface area contributed by atoms with E-state index in [1.165, 1.54) is 16.4 Å². The Labute approximate surface area is 187 Å². The number of hydrogen-bond acceptors (Lipinski definition) is 3. The van der Waals surface area contributed by atoms with Crippen LogP contribution in [0.25, 0.3) is 0 Å². The molecule has 7 heteroatoms. The molecule has 3 aromatic rings. The molecule has 1 N–H and O–H groups in total. The van der Waals surface area contributed by atoms with Crippen LogP contribution in [0, 0.1) is 13.8 Å². The van der Waals surface area contributed by atoms with Crippen molar-refractivity contribution in [2.75, 3.05) is 16.2 Å². The number of fused-ring (bicyclic) bond motifs is 1. The van der Waals surface area contributed by atoms with Gasteiger partial charge in [-0.05, 0) is 91.9 Å². The normalized spacial score (nSPS) is 13.6. The summed E-state index contributed by atoms with van der Waals surface area (Å²) >= 11 is 5.91. The van der Waals surface area contributed by atoms with E-state index in [1.807, 2.05) is 32.0 Å². The summed E-state index contributed by atoms with van der Waals surface area (Å²) in [5.41, 5.74) is 4.79. The standard InChI is InChI=1S/C24H23ClN2O3S/c1-16-5-6-17(2)22(14-16)26-24(28)19-7-12-23-18(15-19)4-3-13-27(23)31(29,30)21-10-8-20(25)9-11-21/h5-12,14-15H,3-4,13H2,1-2H3,(H,26,28). The molecule has 0 bridgehead atoms. The Kier molecular flexibility index (Phi) is 5.77. The third kappa shape index (κ3) is 4.31. The predicted molar refractivity (Wildman–Crippen MR) is 125 cm³/mol. The molecule has 1 heterocycles. The molecule has 1 amide bonds. The molecule has 0 fully saturated rings. The van der Waals surface area contributed by atoms with Crippen molar-refractivity contribution in [3.05, 3.63) is 87.9 Å². The number of halogens is 1. The second-order valence-corrected chi connectivity index (χ2v) is 10.0. The first kappa shape index (κ1) is 21.4. The van der Waals surface area contributed by atoms with E-state index in [9.17, 15) is 13.2 Å². The number of hydrogen-bond donors (Lipinski definition) is 1. The fourth-order valence-electron chi connectivity index (χ4n) is 3.75. The van der Waals surface area contributed by atoms with E-state index in [4.69, 9.17) is 11.6 Å². The van der Waals surface area contributed by atoms with Crippen LogP contribution in [0.15, 0.2) is 65.6 Å². The van der Waals surface area contributed by atoms with E-state index in [1.54, 1.807) is 30.3 Å². The fraction of sp³-hybridized carbons (Fsp3) is 0.208. The van der Waals surface area contributed by atoms with Crippen LogP contribution < -0.4 is 9.62 Å². The summed E-state index contributed by atoms with van der Waals surface area (Å²) in [4.78, 5) is 13.0. The number of benzene rings is 3. The Morgan fingerprint density at radius 2 is 1.74 bits per heavy atom. The van der Waals surface area contributed by atoms with Crippen molar-refractivity contribution in [2.24, 2.45) is 0 Å². The van der Waals surface area contributed by atoms with E-state index in [0.29, 0.717) is 35.7 Å². The van der Waals surface area contributed by atoms with Crippen molar-refractivity contribution in [1.82, 2.24) is 0 Å². The molecule has 0 spiro atoms. The fourth-order valence-corrected chi connectivity index (χ4v) is 5.42. The summed E-state index contributed by atoms with van der Waals surface area (Å²) in [5, 5.41) is 3.45. The van der Waals surface area contributed by atoms with Crippen molar-refractivity contribution in [1.29, 1.82) is 0 Å². The molecule has 31 heavy (non-hydrogen) atoms. The smallest absolute Gasteiger partial charge is 0.264 e. The molecule has 0 atom stereocenters. The largest absolute Gasteiger partial charge is 0.322 e. The Morgan fingerprint density at radius 3 is 2.48 bits per heavy atom. The summed E-state index contributed by atoms with van der Waals surface area (Å²) in [6, 6.07) is 17.3. The second kappa shape index (κ2) is 8.36. The summed E-state index contributed by atoms with van der Waals surface area (Å²) in [7, 11) is -3.71. The maximum atomic E-state index is 13.2. The van der Waals surface area contributed by atoms with Crippen LogP contribution in [0.4, 0.5) is 11.4 Å². The van der Waals surface area contributed by atoms with E-state index in [-0.39, 0.29) is 10.8 Å². The molecule has 1 aliphatic rings. The summed E-state index contributed by atoms with van der Waals surface area (Å²) in [6.45, 7) is 4.32. The van der Waals surface area contributed by atoms with Gasteiger partial charge in [0, 0.05) is 22.8 Å². The zero-order chi connectivity index (χ0) is 22.2. The Bertz CT molecular complexity index is 1250. The lowest BCUT2D eigenvalue weighted by Gasteiger charge is -2.30. The lowest BCUT2D eigenvalue weighted by Crippen LogP contribution is -2.35. The first-order chi connectivity index (χ1) is 14.8. The number of carbonyl (C=O) groups is 1. The molecule has 4 rings (SSSR count). The Balaban J connectivity index is 1.63. The van der Waals surface area contributed by atoms with Crippen LogP contribution in [0.1, 0.15) is 33.5 Å². The predicted octanol–water partition coefficient (Wildman–Crippen LogP) is 5.35.